The number of hydrogen-bond donors (Lipinski definition) is 3. The van der Waals surface area contributed by atoms with Gasteiger partial charge < -0.3 is 10.6 Å². The highest BCUT2D eigenvalue weighted by Crippen LogP contribution is 2.28. The van der Waals surface area contributed by atoms with Crippen LogP contribution in [-0.4, -0.2) is 57.3 Å². The lowest BCUT2D eigenvalue weighted by Crippen LogP contribution is -2.43. The number of amides is 2. The standard InChI is InChI=1S/C17H25ClN4O4S/c1-12(20-11-16(23)19-2)17(24)21-15-10-13(6-7-14(15)18)27(25,26)22-8-4-3-5-9-22/h6-7,10,12,20H,3-5,8-9,11H2,1-2H3,(H,19,23)(H,21,24)/t12-/m0/s1. The second-order valence-electron chi connectivity index (χ2n) is 6.37. The fourth-order valence-corrected chi connectivity index (χ4v) is 4.39. The van der Waals surface area contributed by atoms with E-state index in [0.29, 0.717) is 13.1 Å². The quantitative estimate of drug-likeness (QED) is 0.618. The molecule has 10 heteroatoms. The maximum Gasteiger partial charge on any atom is 0.243 e. The number of anilines is 1. The number of sulfonamides is 1. The second-order valence-corrected chi connectivity index (χ2v) is 8.72. The Morgan fingerprint density at radius 2 is 1.89 bits per heavy atom. The van der Waals surface area contributed by atoms with E-state index in [0.717, 1.165) is 19.3 Å². The van der Waals surface area contributed by atoms with Gasteiger partial charge in [0, 0.05) is 20.1 Å². The molecule has 8 nitrogen and oxygen atoms in total. The van der Waals surface area contributed by atoms with E-state index < -0.39 is 22.0 Å². The van der Waals surface area contributed by atoms with Gasteiger partial charge >= 0.3 is 0 Å². The zero-order valence-corrected chi connectivity index (χ0v) is 17.0. The minimum Gasteiger partial charge on any atom is -0.358 e. The van der Waals surface area contributed by atoms with E-state index in [9.17, 15) is 18.0 Å². The smallest absolute Gasteiger partial charge is 0.243 e. The first-order valence-electron chi connectivity index (χ1n) is 8.80. The summed E-state index contributed by atoms with van der Waals surface area (Å²) in [4.78, 5) is 23.7. The number of halogens is 1. The van der Waals surface area contributed by atoms with Crippen molar-refractivity contribution in [2.24, 2.45) is 0 Å². The van der Waals surface area contributed by atoms with Crippen LogP contribution in [0.4, 0.5) is 5.69 Å². The highest BCUT2D eigenvalue weighted by Gasteiger charge is 2.27. The number of benzene rings is 1. The van der Waals surface area contributed by atoms with Crippen LogP contribution in [0.25, 0.3) is 0 Å². The molecule has 1 heterocycles. The minimum atomic E-state index is -3.63. The topological polar surface area (TPSA) is 108 Å². The molecule has 27 heavy (non-hydrogen) atoms. The molecule has 0 bridgehead atoms. The lowest BCUT2D eigenvalue weighted by atomic mass is 10.2. The molecule has 0 aromatic heterocycles. The number of rotatable bonds is 7. The fraction of sp³-hybridized carbons (Fsp3) is 0.529. The molecule has 1 atom stereocenters. The van der Waals surface area contributed by atoms with Gasteiger partial charge in [-0.3, -0.25) is 14.9 Å². The Bertz CT molecular complexity index is 794. The third-order valence-corrected chi connectivity index (χ3v) is 6.61. The molecule has 1 aromatic rings. The van der Waals surface area contributed by atoms with Gasteiger partial charge in [-0.1, -0.05) is 18.0 Å². The Labute approximate surface area is 164 Å². The molecule has 0 aliphatic carbocycles. The summed E-state index contributed by atoms with van der Waals surface area (Å²) in [6.45, 7) is 2.57. The van der Waals surface area contributed by atoms with Gasteiger partial charge in [0.1, 0.15) is 0 Å². The van der Waals surface area contributed by atoms with Crippen LogP contribution in [0.2, 0.25) is 5.02 Å². The van der Waals surface area contributed by atoms with Gasteiger partial charge in [-0.15, -0.1) is 0 Å². The molecule has 0 spiro atoms. The van der Waals surface area contributed by atoms with Crippen molar-refractivity contribution in [1.82, 2.24) is 14.9 Å². The minimum absolute atomic E-state index is 0.0117. The van der Waals surface area contributed by atoms with Gasteiger partial charge in [0.2, 0.25) is 21.8 Å². The molecular weight excluding hydrogens is 392 g/mol. The Kier molecular flexibility index (Phi) is 7.60. The molecule has 0 unspecified atom stereocenters. The predicted molar refractivity (Wildman–Crippen MR) is 104 cm³/mol. The highest BCUT2D eigenvalue weighted by atomic mass is 35.5. The van der Waals surface area contributed by atoms with Gasteiger partial charge in [-0.25, -0.2) is 8.42 Å². The molecule has 1 fully saturated rings. The van der Waals surface area contributed by atoms with Crippen molar-refractivity contribution >= 4 is 39.1 Å². The summed E-state index contributed by atoms with van der Waals surface area (Å²) in [6.07, 6.45) is 2.70. The van der Waals surface area contributed by atoms with Crippen molar-refractivity contribution in [3.63, 3.8) is 0 Å². The average molecular weight is 417 g/mol. The van der Waals surface area contributed by atoms with Crippen molar-refractivity contribution in [3.05, 3.63) is 23.2 Å². The number of carbonyl (C=O) groups excluding carboxylic acids is 2. The van der Waals surface area contributed by atoms with E-state index in [1.54, 1.807) is 6.92 Å². The van der Waals surface area contributed by atoms with Crippen LogP contribution in [0.3, 0.4) is 0 Å². The van der Waals surface area contributed by atoms with Gasteiger partial charge in [-0.05, 0) is 38.0 Å². The Morgan fingerprint density at radius 1 is 1.22 bits per heavy atom. The van der Waals surface area contributed by atoms with E-state index in [2.05, 4.69) is 16.0 Å². The summed E-state index contributed by atoms with van der Waals surface area (Å²) >= 11 is 6.12. The molecule has 2 amide bonds. The second kappa shape index (κ2) is 9.50. The molecule has 150 valence electrons. The van der Waals surface area contributed by atoms with Crippen molar-refractivity contribution in [2.45, 2.75) is 37.1 Å². The van der Waals surface area contributed by atoms with Crippen molar-refractivity contribution in [2.75, 3.05) is 32.0 Å². The molecule has 1 saturated heterocycles. The summed E-state index contributed by atoms with van der Waals surface area (Å²) in [5.41, 5.74) is 0.216. The predicted octanol–water partition coefficient (Wildman–Crippen LogP) is 1.18. The molecule has 1 aliphatic heterocycles. The number of likely N-dealkylation sites (N-methyl/N-ethyl adjacent to an activating group) is 1. The van der Waals surface area contributed by atoms with Gasteiger partial charge in [0.05, 0.1) is 28.2 Å². The molecule has 1 aromatic carbocycles. The first-order chi connectivity index (χ1) is 12.8. The Hall–Kier alpha value is -1.68. The molecule has 0 radical (unpaired) electrons. The van der Waals surface area contributed by atoms with Gasteiger partial charge in [-0.2, -0.15) is 4.31 Å². The van der Waals surface area contributed by atoms with E-state index in [1.165, 1.54) is 29.6 Å². The zero-order chi connectivity index (χ0) is 20.0. The van der Waals surface area contributed by atoms with Crippen LogP contribution in [-0.2, 0) is 19.6 Å². The zero-order valence-electron chi connectivity index (χ0n) is 15.4. The Morgan fingerprint density at radius 3 is 2.52 bits per heavy atom. The maximum atomic E-state index is 12.8. The van der Waals surface area contributed by atoms with Gasteiger partial charge in [0.25, 0.3) is 0 Å². The van der Waals surface area contributed by atoms with Crippen LogP contribution in [0.5, 0.6) is 0 Å². The third kappa shape index (κ3) is 5.65. The monoisotopic (exact) mass is 416 g/mol. The van der Waals surface area contributed by atoms with Crippen LogP contribution < -0.4 is 16.0 Å². The van der Waals surface area contributed by atoms with E-state index in [4.69, 9.17) is 11.6 Å². The van der Waals surface area contributed by atoms with E-state index in [-0.39, 0.29) is 28.1 Å². The molecular formula is C17H25ClN4O4S. The highest BCUT2D eigenvalue weighted by molar-refractivity contribution is 7.89. The lowest BCUT2D eigenvalue weighted by Gasteiger charge is -2.26. The molecule has 1 aliphatic rings. The molecule has 2 rings (SSSR count). The Balaban J connectivity index is 2.12. The molecule has 0 saturated carbocycles. The number of hydrogen-bond acceptors (Lipinski definition) is 5. The summed E-state index contributed by atoms with van der Waals surface area (Å²) < 4.78 is 27.0. The van der Waals surface area contributed by atoms with Crippen molar-refractivity contribution < 1.29 is 18.0 Å². The fourth-order valence-electron chi connectivity index (χ4n) is 2.68. The number of nitrogens with zero attached hydrogens (tertiary/aromatic N) is 1. The summed E-state index contributed by atoms with van der Waals surface area (Å²) in [7, 11) is -2.12. The van der Waals surface area contributed by atoms with Crippen molar-refractivity contribution in [1.29, 1.82) is 0 Å². The normalized spacial score (nSPS) is 16.6. The SMILES string of the molecule is CNC(=O)CN[C@@H](C)C(=O)Nc1cc(S(=O)(=O)N2CCCCC2)ccc1Cl. The average Bonchev–Trinajstić information content (AvgIpc) is 2.67. The summed E-state index contributed by atoms with van der Waals surface area (Å²) in [6, 6.07) is 3.60. The first kappa shape index (κ1) is 21.6. The maximum absolute atomic E-state index is 12.8. The van der Waals surface area contributed by atoms with Crippen LogP contribution in [0.1, 0.15) is 26.2 Å². The van der Waals surface area contributed by atoms with Crippen molar-refractivity contribution in [3.8, 4) is 0 Å². The first-order valence-corrected chi connectivity index (χ1v) is 10.6. The number of nitrogens with one attached hydrogen (secondary N) is 3. The van der Waals surface area contributed by atoms with E-state index in [1.807, 2.05) is 0 Å². The van der Waals surface area contributed by atoms with Gasteiger partial charge in [0.15, 0.2) is 0 Å². The third-order valence-electron chi connectivity index (χ3n) is 4.39. The summed E-state index contributed by atoms with van der Waals surface area (Å²) in [5.74, 6) is -0.671. The van der Waals surface area contributed by atoms with Crippen LogP contribution >= 0.6 is 11.6 Å². The van der Waals surface area contributed by atoms with E-state index >= 15 is 0 Å². The number of piperidine rings is 1. The number of carbonyl (C=O) groups is 2. The molecule has 3 N–H and O–H groups in total. The van der Waals surface area contributed by atoms with Crippen LogP contribution in [0, 0.1) is 0 Å². The van der Waals surface area contributed by atoms with Crippen LogP contribution in [0.15, 0.2) is 23.1 Å². The summed E-state index contributed by atoms with van der Waals surface area (Å²) in [5, 5.41) is 8.08. The largest absolute Gasteiger partial charge is 0.358 e. The lowest BCUT2D eigenvalue weighted by molar-refractivity contribution is -0.120.